The fourth-order valence-corrected chi connectivity index (χ4v) is 2.31. The molecule has 1 aromatic carbocycles. The minimum atomic E-state index is 0.295. The van der Waals surface area contributed by atoms with Gasteiger partial charge in [0.2, 0.25) is 5.91 Å². The van der Waals surface area contributed by atoms with Crippen molar-refractivity contribution in [3.63, 3.8) is 0 Å². The van der Waals surface area contributed by atoms with Crippen LogP contribution in [0.3, 0.4) is 0 Å². The molecule has 18 heavy (non-hydrogen) atoms. The van der Waals surface area contributed by atoms with Crippen LogP contribution in [0.25, 0.3) is 0 Å². The van der Waals surface area contributed by atoms with E-state index < -0.39 is 0 Å². The minimum absolute atomic E-state index is 0.295. The number of amides is 1. The lowest BCUT2D eigenvalue weighted by molar-refractivity contribution is -0.127. The Balaban J connectivity index is 1.73. The van der Waals surface area contributed by atoms with Gasteiger partial charge in [0.25, 0.3) is 0 Å². The van der Waals surface area contributed by atoms with Gasteiger partial charge >= 0.3 is 0 Å². The number of hydrogen-bond acceptors (Lipinski definition) is 2. The predicted octanol–water partition coefficient (Wildman–Crippen LogP) is 2.64. The van der Waals surface area contributed by atoms with Gasteiger partial charge < -0.3 is 9.64 Å². The highest BCUT2D eigenvalue weighted by Crippen LogP contribution is 2.18. The molecule has 1 heterocycles. The van der Waals surface area contributed by atoms with Crippen molar-refractivity contribution in [2.24, 2.45) is 0 Å². The van der Waals surface area contributed by atoms with E-state index >= 15 is 0 Å². The standard InChI is InChI=1S/C15H21NO2/c1-2-13-7-3-4-8-14(13)18-12-6-11-16-10-5-9-15(16)17/h3-4,7-8H,2,5-6,9-12H2,1H3. The van der Waals surface area contributed by atoms with E-state index in [1.165, 1.54) is 5.56 Å². The Hall–Kier alpha value is -1.51. The van der Waals surface area contributed by atoms with E-state index in [0.29, 0.717) is 12.5 Å². The van der Waals surface area contributed by atoms with E-state index in [-0.39, 0.29) is 0 Å². The van der Waals surface area contributed by atoms with E-state index in [4.69, 9.17) is 4.74 Å². The van der Waals surface area contributed by atoms with Gasteiger partial charge in [0.1, 0.15) is 5.75 Å². The molecule has 1 aromatic rings. The molecule has 0 bridgehead atoms. The van der Waals surface area contributed by atoms with Crippen LogP contribution in [-0.2, 0) is 11.2 Å². The van der Waals surface area contributed by atoms with Crippen LogP contribution < -0.4 is 4.74 Å². The van der Waals surface area contributed by atoms with Crippen molar-refractivity contribution < 1.29 is 9.53 Å². The number of hydrogen-bond donors (Lipinski definition) is 0. The number of benzene rings is 1. The number of carbonyl (C=O) groups is 1. The number of nitrogens with zero attached hydrogens (tertiary/aromatic N) is 1. The molecule has 3 heteroatoms. The van der Waals surface area contributed by atoms with E-state index in [0.717, 1.165) is 44.5 Å². The summed E-state index contributed by atoms with van der Waals surface area (Å²) in [5.41, 5.74) is 1.25. The van der Waals surface area contributed by atoms with Crippen LogP contribution in [0.4, 0.5) is 0 Å². The molecule has 0 unspecified atom stereocenters. The van der Waals surface area contributed by atoms with Crippen LogP contribution in [0.2, 0.25) is 0 Å². The summed E-state index contributed by atoms with van der Waals surface area (Å²) in [5, 5.41) is 0. The Labute approximate surface area is 109 Å². The fourth-order valence-electron chi connectivity index (χ4n) is 2.31. The van der Waals surface area contributed by atoms with E-state index in [2.05, 4.69) is 13.0 Å². The largest absolute Gasteiger partial charge is 0.493 e. The van der Waals surface area contributed by atoms with Gasteiger partial charge in [-0.25, -0.2) is 0 Å². The van der Waals surface area contributed by atoms with Gasteiger partial charge in [-0.05, 0) is 30.9 Å². The van der Waals surface area contributed by atoms with Crippen molar-refractivity contribution in [1.82, 2.24) is 4.90 Å². The van der Waals surface area contributed by atoms with Gasteiger partial charge in [0.05, 0.1) is 6.61 Å². The normalized spacial score (nSPS) is 15.2. The van der Waals surface area contributed by atoms with Crippen LogP contribution in [0.15, 0.2) is 24.3 Å². The van der Waals surface area contributed by atoms with Crippen LogP contribution in [0.5, 0.6) is 5.75 Å². The third-order valence-corrected chi connectivity index (χ3v) is 3.35. The van der Waals surface area contributed by atoms with Crippen LogP contribution in [0, 0.1) is 0 Å². The zero-order chi connectivity index (χ0) is 12.8. The molecule has 0 spiro atoms. The zero-order valence-corrected chi connectivity index (χ0v) is 11.0. The Morgan fingerprint density at radius 2 is 2.17 bits per heavy atom. The molecule has 2 rings (SSSR count). The molecular formula is C15H21NO2. The maximum absolute atomic E-state index is 11.4. The monoisotopic (exact) mass is 247 g/mol. The van der Waals surface area contributed by atoms with Gasteiger partial charge in [-0.2, -0.15) is 0 Å². The number of likely N-dealkylation sites (tertiary alicyclic amines) is 1. The average molecular weight is 247 g/mol. The van der Waals surface area contributed by atoms with Crippen molar-refractivity contribution in [3.05, 3.63) is 29.8 Å². The summed E-state index contributed by atoms with van der Waals surface area (Å²) in [7, 11) is 0. The maximum Gasteiger partial charge on any atom is 0.222 e. The quantitative estimate of drug-likeness (QED) is 0.723. The predicted molar refractivity (Wildman–Crippen MR) is 71.7 cm³/mol. The maximum atomic E-state index is 11.4. The highest BCUT2D eigenvalue weighted by atomic mass is 16.5. The van der Waals surface area contributed by atoms with E-state index in [1.54, 1.807) is 0 Å². The molecule has 1 saturated heterocycles. The summed E-state index contributed by atoms with van der Waals surface area (Å²) >= 11 is 0. The van der Waals surface area contributed by atoms with Crippen molar-refractivity contribution in [2.45, 2.75) is 32.6 Å². The summed E-state index contributed by atoms with van der Waals surface area (Å²) < 4.78 is 5.79. The third-order valence-electron chi connectivity index (χ3n) is 3.35. The molecule has 0 saturated carbocycles. The van der Waals surface area contributed by atoms with Crippen molar-refractivity contribution in [2.75, 3.05) is 19.7 Å². The third kappa shape index (κ3) is 3.25. The van der Waals surface area contributed by atoms with Gasteiger partial charge in [0, 0.05) is 19.5 Å². The number of ether oxygens (including phenoxy) is 1. The average Bonchev–Trinajstić information content (AvgIpc) is 2.81. The summed E-state index contributed by atoms with van der Waals surface area (Å²) in [6.45, 7) is 4.56. The van der Waals surface area contributed by atoms with Gasteiger partial charge in [-0.1, -0.05) is 25.1 Å². The molecule has 3 nitrogen and oxygen atoms in total. The SMILES string of the molecule is CCc1ccccc1OCCCN1CCCC1=O. The minimum Gasteiger partial charge on any atom is -0.493 e. The Morgan fingerprint density at radius 3 is 2.89 bits per heavy atom. The number of para-hydroxylation sites is 1. The summed E-state index contributed by atoms with van der Waals surface area (Å²) in [4.78, 5) is 13.4. The first-order chi connectivity index (χ1) is 8.81. The van der Waals surface area contributed by atoms with Crippen LogP contribution >= 0.6 is 0 Å². The Bertz CT molecular complexity index is 403. The first-order valence-corrected chi connectivity index (χ1v) is 6.79. The Morgan fingerprint density at radius 1 is 1.33 bits per heavy atom. The van der Waals surface area contributed by atoms with Crippen molar-refractivity contribution in [1.29, 1.82) is 0 Å². The lowest BCUT2D eigenvalue weighted by Crippen LogP contribution is -2.26. The highest BCUT2D eigenvalue weighted by molar-refractivity contribution is 5.77. The number of aryl methyl sites for hydroxylation is 1. The molecule has 98 valence electrons. The molecule has 1 fully saturated rings. The van der Waals surface area contributed by atoms with Crippen LogP contribution in [-0.4, -0.2) is 30.5 Å². The molecule has 0 N–H and O–H groups in total. The number of rotatable bonds is 6. The molecular weight excluding hydrogens is 226 g/mol. The van der Waals surface area contributed by atoms with Crippen molar-refractivity contribution >= 4 is 5.91 Å². The molecule has 1 amide bonds. The fraction of sp³-hybridized carbons (Fsp3) is 0.533. The molecule has 0 atom stereocenters. The second-order valence-corrected chi connectivity index (χ2v) is 4.65. The first-order valence-electron chi connectivity index (χ1n) is 6.79. The summed E-state index contributed by atoms with van der Waals surface area (Å²) in [6.07, 6.45) is 3.63. The second kappa shape index (κ2) is 6.43. The number of carbonyl (C=O) groups excluding carboxylic acids is 1. The lowest BCUT2D eigenvalue weighted by Gasteiger charge is -2.16. The van der Waals surface area contributed by atoms with Gasteiger partial charge in [0.15, 0.2) is 0 Å². The van der Waals surface area contributed by atoms with Crippen LogP contribution in [0.1, 0.15) is 31.7 Å². The first kappa shape index (κ1) is 12.9. The molecule has 1 aliphatic rings. The smallest absolute Gasteiger partial charge is 0.222 e. The van der Waals surface area contributed by atoms with E-state index in [1.807, 2.05) is 23.1 Å². The highest BCUT2D eigenvalue weighted by Gasteiger charge is 2.18. The van der Waals surface area contributed by atoms with Gasteiger partial charge in [-0.3, -0.25) is 4.79 Å². The lowest BCUT2D eigenvalue weighted by atomic mass is 10.1. The van der Waals surface area contributed by atoms with Gasteiger partial charge in [-0.15, -0.1) is 0 Å². The zero-order valence-electron chi connectivity index (χ0n) is 11.0. The molecule has 1 aliphatic heterocycles. The molecule has 0 radical (unpaired) electrons. The summed E-state index contributed by atoms with van der Waals surface area (Å²) in [5.74, 6) is 1.27. The van der Waals surface area contributed by atoms with Crippen molar-refractivity contribution in [3.8, 4) is 5.75 Å². The molecule has 0 aromatic heterocycles. The second-order valence-electron chi connectivity index (χ2n) is 4.65. The van der Waals surface area contributed by atoms with E-state index in [9.17, 15) is 4.79 Å². The Kier molecular flexibility index (Phi) is 4.62. The molecule has 0 aliphatic carbocycles. The topological polar surface area (TPSA) is 29.5 Å². The summed E-state index contributed by atoms with van der Waals surface area (Å²) in [6, 6.07) is 8.15.